The monoisotopic (exact) mass is 737 g/mol. The second-order valence-electron chi connectivity index (χ2n) is 11.9. The van der Waals surface area contributed by atoms with Crippen LogP contribution in [0.4, 0.5) is 10.7 Å². The third-order valence-corrected chi connectivity index (χ3v) is 10.0. The van der Waals surface area contributed by atoms with Crippen LogP contribution >= 0.6 is 23.1 Å². The summed E-state index contributed by atoms with van der Waals surface area (Å²) in [6, 6.07) is 41.2. The summed E-state index contributed by atoms with van der Waals surface area (Å²) in [5.41, 5.74) is 6.70. The second kappa shape index (κ2) is 17.3. The standard InChI is InChI=1S/C43H35N3O5S2/c1-28-16-20-32(21-17-28)36-26-53-42(39(36)43(50)51-2)46-38(47)27-52-35-15-9-14-34(25-35)44-41(49)37(45-40(48)33-12-7-4-8-13-33)24-29-18-22-31(23-19-29)30-10-5-3-6-11-30/h3-26H,27H2,1-2H3,(H,44,49)(H,45,48)(H,46,47)/b37-24+. The number of carbonyl (C=O) groups excluding carboxylic acids is 4. The molecule has 0 unspecified atom stereocenters. The van der Waals surface area contributed by atoms with Crippen LogP contribution in [0.1, 0.15) is 31.8 Å². The zero-order valence-electron chi connectivity index (χ0n) is 28.9. The zero-order valence-corrected chi connectivity index (χ0v) is 30.6. The van der Waals surface area contributed by atoms with Gasteiger partial charge in [0.05, 0.1) is 12.9 Å². The number of ether oxygens (including phenoxy) is 1. The predicted octanol–water partition coefficient (Wildman–Crippen LogP) is 9.32. The normalized spacial score (nSPS) is 11.0. The highest BCUT2D eigenvalue weighted by molar-refractivity contribution is 8.00. The Labute approximate surface area is 315 Å². The average molecular weight is 738 g/mol. The average Bonchev–Trinajstić information content (AvgIpc) is 3.61. The van der Waals surface area contributed by atoms with Crippen LogP contribution in [0.2, 0.25) is 0 Å². The molecule has 0 saturated heterocycles. The minimum atomic E-state index is -0.536. The molecule has 0 atom stereocenters. The Morgan fingerprint density at radius 2 is 1.40 bits per heavy atom. The molecule has 0 spiro atoms. The van der Waals surface area contributed by atoms with Crippen molar-refractivity contribution in [2.45, 2.75) is 11.8 Å². The number of methoxy groups -OCH3 is 1. The number of esters is 1. The number of amides is 3. The summed E-state index contributed by atoms with van der Waals surface area (Å²) in [7, 11) is 1.31. The molecule has 6 aromatic rings. The summed E-state index contributed by atoms with van der Waals surface area (Å²) < 4.78 is 5.04. The fourth-order valence-electron chi connectivity index (χ4n) is 5.39. The lowest BCUT2D eigenvalue weighted by Gasteiger charge is -2.12. The predicted molar refractivity (Wildman–Crippen MR) is 214 cm³/mol. The fraction of sp³-hybridized carbons (Fsp3) is 0.0698. The van der Waals surface area contributed by atoms with Gasteiger partial charge in [-0.05, 0) is 65.6 Å². The zero-order chi connectivity index (χ0) is 37.2. The van der Waals surface area contributed by atoms with Crippen LogP contribution in [-0.2, 0) is 14.3 Å². The quantitative estimate of drug-likeness (QED) is 0.0656. The molecule has 3 amide bonds. The van der Waals surface area contributed by atoms with Gasteiger partial charge in [0.2, 0.25) is 5.91 Å². The minimum Gasteiger partial charge on any atom is -0.465 e. The number of thiophene rings is 1. The molecule has 0 saturated carbocycles. The van der Waals surface area contributed by atoms with E-state index in [1.807, 2.05) is 103 Å². The van der Waals surface area contributed by atoms with Crippen LogP contribution < -0.4 is 16.0 Å². The number of hydrogen-bond acceptors (Lipinski definition) is 7. The Morgan fingerprint density at radius 3 is 2.09 bits per heavy atom. The molecule has 6 rings (SSSR count). The maximum Gasteiger partial charge on any atom is 0.341 e. The van der Waals surface area contributed by atoms with Gasteiger partial charge >= 0.3 is 5.97 Å². The van der Waals surface area contributed by atoms with E-state index in [0.717, 1.165) is 32.7 Å². The molecule has 0 fully saturated rings. The van der Waals surface area contributed by atoms with E-state index in [4.69, 9.17) is 4.74 Å². The van der Waals surface area contributed by atoms with Crippen molar-refractivity contribution in [2.75, 3.05) is 23.5 Å². The Morgan fingerprint density at radius 1 is 0.736 bits per heavy atom. The summed E-state index contributed by atoms with van der Waals surface area (Å²) in [5.74, 6) is -1.73. The SMILES string of the molecule is COC(=O)c1c(-c2ccc(C)cc2)csc1NC(=O)CSc1cccc(NC(=O)/C(=C\c2ccc(-c3ccccc3)cc2)NC(=O)c2ccccc2)c1. The highest BCUT2D eigenvalue weighted by Crippen LogP contribution is 2.36. The minimum absolute atomic E-state index is 0.0487. The molecule has 0 radical (unpaired) electrons. The number of benzene rings is 5. The number of rotatable bonds is 12. The molecule has 3 N–H and O–H groups in total. The van der Waals surface area contributed by atoms with Crippen LogP contribution in [0.5, 0.6) is 0 Å². The van der Waals surface area contributed by atoms with Crippen molar-refractivity contribution >= 4 is 63.6 Å². The molecule has 264 valence electrons. The van der Waals surface area contributed by atoms with E-state index in [0.29, 0.717) is 27.4 Å². The summed E-state index contributed by atoms with van der Waals surface area (Å²) in [4.78, 5) is 53.4. The van der Waals surface area contributed by atoms with E-state index >= 15 is 0 Å². The lowest BCUT2D eigenvalue weighted by molar-refractivity contribution is -0.114. The van der Waals surface area contributed by atoms with E-state index in [1.165, 1.54) is 30.2 Å². The van der Waals surface area contributed by atoms with Crippen molar-refractivity contribution in [3.05, 3.63) is 167 Å². The Kier molecular flexibility index (Phi) is 11.9. The van der Waals surface area contributed by atoms with Crippen LogP contribution in [-0.4, -0.2) is 36.6 Å². The molecule has 1 heterocycles. The van der Waals surface area contributed by atoms with Crippen LogP contribution in [0, 0.1) is 6.92 Å². The van der Waals surface area contributed by atoms with Gasteiger partial charge in [0, 0.05) is 27.1 Å². The smallest absolute Gasteiger partial charge is 0.341 e. The van der Waals surface area contributed by atoms with E-state index < -0.39 is 17.8 Å². The first-order valence-corrected chi connectivity index (χ1v) is 18.5. The highest BCUT2D eigenvalue weighted by Gasteiger charge is 2.22. The van der Waals surface area contributed by atoms with Crippen molar-refractivity contribution < 1.29 is 23.9 Å². The van der Waals surface area contributed by atoms with Crippen LogP contribution in [0.15, 0.2) is 149 Å². The Hall–Kier alpha value is -6.23. The first kappa shape index (κ1) is 36.6. The van der Waals surface area contributed by atoms with Gasteiger partial charge in [-0.25, -0.2) is 4.79 Å². The largest absolute Gasteiger partial charge is 0.465 e. The molecule has 5 aromatic carbocycles. The Bertz CT molecular complexity index is 2270. The number of nitrogens with one attached hydrogen (secondary N) is 3. The summed E-state index contributed by atoms with van der Waals surface area (Å²) in [5, 5.41) is 10.8. The molecule has 0 aliphatic heterocycles. The van der Waals surface area contributed by atoms with Crippen LogP contribution in [0.25, 0.3) is 28.3 Å². The van der Waals surface area contributed by atoms with Gasteiger partial charge in [-0.1, -0.05) is 109 Å². The number of anilines is 2. The maximum atomic E-state index is 13.7. The Balaban J connectivity index is 1.14. The molecule has 53 heavy (non-hydrogen) atoms. The van der Waals surface area contributed by atoms with Gasteiger partial charge in [0.25, 0.3) is 11.8 Å². The summed E-state index contributed by atoms with van der Waals surface area (Å²) >= 11 is 2.53. The molecule has 0 aliphatic carbocycles. The van der Waals surface area contributed by atoms with Crippen molar-refractivity contribution in [3.63, 3.8) is 0 Å². The first-order valence-electron chi connectivity index (χ1n) is 16.6. The third kappa shape index (κ3) is 9.56. The molecule has 0 aliphatic rings. The van der Waals surface area contributed by atoms with Gasteiger partial charge in [-0.2, -0.15) is 0 Å². The molecule has 8 nitrogen and oxygen atoms in total. The van der Waals surface area contributed by atoms with E-state index in [1.54, 1.807) is 48.5 Å². The fourth-order valence-corrected chi connectivity index (χ4v) is 7.11. The number of aryl methyl sites for hydroxylation is 1. The highest BCUT2D eigenvalue weighted by atomic mass is 32.2. The van der Waals surface area contributed by atoms with E-state index in [-0.39, 0.29) is 17.4 Å². The van der Waals surface area contributed by atoms with Gasteiger partial charge in [-0.3, -0.25) is 14.4 Å². The van der Waals surface area contributed by atoms with Crippen molar-refractivity contribution in [1.82, 2.24) is 5.32 Å². The molecular weight excluding hydrogens is 703 g/mol. The van der Waals surface area contributed by atoms with E-state index in [2.05, 4.69) is 16.0 Å². The topological polar surface area (TPSA) is 114 Å². The summed E-state index contributed by atoms with van der Waals surface area (Å²) in [6.07, 6.45) is 1.63. The molecule has 0 bridgehead atoms. The number of hydrogen-bond donors (Lipinski definition) is 3. The second-order valence-corrected chi connectivity index (χ2v) is 13.8. The van der Waals surface area contributed by atoms with Gasteiger partial charge < -0.3 is 20.7 Å². The van der Waals surface area contributed by atoms with Gasteiger partial charge in [0.15, 0.2) is 0 Å². The number of thioether (sulfide) groups is 1. The first-order chi connectivity index (χ1) is 25.8. The molecule has 1 aromatic heterocycles. The summed E-state index contributed by atoms with van der Waals surface area (Å²) in [6.45, 7) is 1.99. The van der Waals surface area contributed by atoms with Crippen molar-refractivity contribution in [1.29, 1.82) is 0 Å². The third-order valence-electron chi connectivity index (χ3n) is 8.12. The molecular formula is C43H35N3O5S2. The lowest BCUT2D eigenvalue weighted by Crippen LogP contribution is -2.30. The lowest BCUT2D eigenvalue weighted by atomic mass is 10.0. The van der Waals surface area contributed by atoms with Gasteiger partial charge in [-0.15, -0.1) is 23.1 Å². The van der Waals surface area contributed by atoms with Crippen molar-refractivity contribution in [2.24, 2.45) is 0 Å². The van der Waals surface area contributed by atoms with Gasteiger partial charge in [0.1, 0.15) is 16.3 Å². The van der Waals surface area contributed by atoms with Crippen molar-refractivity contribution in [3.8, 4) is 22.3 Å². The maximum absolute atomic E-state index is 13.7. The van der Waals surface area contributed by atoms with Crippen LogP contribution in [0.3, 0.4) is 0 Å². The number of carbonyl (C=O) groups is 4. The molecule has 10 heteroatoms. The van der Waals surface area contributed by atoms with E-state index in [9.17, 15) is 19.2 Å².